The van der Waals surface area contributed by atoms with E-state index in [1.807, 2.05) is 0 Å². The Morgan fingerprint density at radius 2 is 2.00 bits per heavy atom. The molecule has 2 rings (SSSR count). The van der Waals surface area contributed by atoms with Gasteiger partial charge >= 0.3 is 0 Å². The molecule has 2 saturated heterocycles. The molecule has 2 aliphatic rings. The highest BCUT2D eigenvalue weighted by Gasteiger charge is 2.49. The lowest BCUT2D eigenvalue weighted by molar-refractivity contribution is -0.121. The second-order valence-electron chi connectivity index (χ2n) is 5.23. The van der Waals surface area contributed by atoms with E-state index in [2.05, 4.69) is 26.1 Å². The van der Waals surface area contributed by atoms with Crippen LogP contribution in [0.5, 0.6) is 0 Å². The van der Waals surface area contributed by atoms with Crippen LogP contribution in [0.3, 0.4) is 0 Å². The van der Waals surface area contributed by atoms with Gasteiger partial charge in [-0.3, -0.25) is 4.79 Å². The van der Waals surface area contributed by atoms with Crippen LogP contribution >= 0.6 is 0 Å². The van der Waals surface area contributed by atoms with Gasteiger partial charge in [-0.2, -0.15) is 0 Å². The summed E-state index contributed by atoms with van der Waals surface area (Å²) in [6.07, 6.45) is 4.35. The van der Waals surface area contributed by atoms with Crippen LogP contribution in [0.1, 0.15) is 46.5 Å². The lowest BCUT2D eigenvalue weighted by atomic mass is 9.70. The minimum absolute atomic E-state index is 0.170. The van der Waals surface area contributed by atoms with Gasteiger partial charge in [0.05, 0.1) is 12.2 Å². The Hall–Kier alpha value is -0.570. The van der Waals surface area contributed by atoms with Crippen molar-refractivity contribution in [1.82, 2.24) is 5.32 Å². The van der Waals surface area contributed by atoms with Gasteiger partial charge in [-0.25, -0.2) is 0 Å². The molecule has 1 N–H and O–H groups in total. The molecule has 0 saturated carbocycles. The van der Waals surface area contributed by atoms with E-state index < -0.39 is 0 Å². The average molecular weight is 211 g/mol. The van der Waals surface area contributed by atoms with Crippen molar-refractivity contribution in [3.05, 3.63) is 0 Å². The molecule has 0 bridgehead atoms. The molecule has 1 spiro atoms. The second-order valence-corrected chi connectivity index (χ2v) is 5.23. The SMILES string of the molecule is CCC1NC(=O)CC12CC(C)OC(C)C2. The van der Waals surface area contributed by atoms with E-state index in [-0.39, 0.29) is 23.5 Å². The largest absolute Gasteiger partial charge is 0.376 e. The van der Waals surface area contributed by atoms with E-state index in [4.69, 9.17) is 4.74 Å². The fourth-order valence-corrected chi connectivity index (χ4v) is 3.53. The third-order valence-corrected chi connectivity index (χ3v) is 3.85. The first-order valence-electron chi connectivity index (χ1n) is 6.00. The summed E-state index contributed by atoms with van der Waals surface area (Å²) in [6.45, 7) is 6.39. The lowest BCUT2D eigenvalue weighted by Crippen LogP contribution is -2.45. The molecule has 2 aliphatic heterocycles. The molecule has 86 valence electrons. The van der Waals surface area contributed by atoms with Crippen LogP contribution in [0.15, 0.2) is 0 Å². The first-order chi connectivity index (χ1) is 7.05. The van der Waals surface area contributed by atoms with E-state index in [1.165, 1.54) is 0 Å². The first-order valence-corrected chi connectivity index (χ1v) is 6.00. The minimum Gasteiger partial charge on any atom is -0.376 e. The molecular weight excluding hydrogens is 190 g/mol. The van der Waals surface area contributed by atoms with Gasteiger partial charge in [0.25, 0.3) is 0 Å². The quantitative estimate of drug-likeness (QED) is 0.719. The molecule has 0 aliphatic carbocycles. The maximum atomic E-state index is 11.5. The summed E-state index contributed by atoms with van der Waals surface area (Å²) in [5.41, 5.74) is 0.170. The molecule has 0 aromatic rings. The molecule has 2 heterocycles. The van der Waals surface area contributed by atoms with Crippen molar-refractivity contribution in [2.45, 2.75) is 64.7 Å². The smallest absolute Gasteiger partial charge is 0.220 e. The molecule has 0 aromatic heterocycles. The van der Waals surface area contributed by atoms with Crippen molar-refractivity contribution in [3.63, 3.8) is 0 Å². The Labute approximate surface area is 91.6 Å². The second kappa shape index (κ2) is 3.78. The van der Waals surface area contributed by atoms with Gasteiger partial charge in [0.2, 0.25) is 5.91 Å². The fraction of sp³-hybridized carbons (Fsp3) is 0.917. The zero-order valence-corrected chi connectivity index (χ0v) is 9.88. The van der Waals surface area contributed by atoms with Crippen molar-refractivity contribution >= 4 is 5.91 Å². The normalized spacial score (nSPS) is 45.8. The maximum absolute atomic E-state index is 11.5. The van der Waals surface area contributed by atoms with Gasteiger partial charge in [-0.15, -0.1) is 0 Å². The number of carbonyl (C=O) groups is 1. The Kier molecular flexibility index (Phi) is 2.75. The molecule has 2 fully saturated rings. The van der Waals surface area contributed by atoms with Crippen molar-refractivity contribution in [1.29, 1.82) is 0 Å². The predicted octanol–water partition coefficient (Wildman–Crippen LogP) is 1.86. The number of nitrogens with one attached hydrogen (secondary N) is 1. The number of amides is 1. The Bertz CT molecular complexity index is 254. The number of carbonyl (C=O) groups excluding carboxylic acids is 1. The molecule has 3 nitrogen and oxygen atoms in total. The van der Waals surface area contributed by atoms with E-state index in [0.29, 0.717) is 12.5 Å². The Morgan fingerprint density at radius 3 is 2.53 bits per heavy atom. The van der Waals surface area contributed by atoms with E-state index in [9.17, 15) is 4.79 Å². The monoisotopic (exact) mass is 211 g/mol. The van der Waals surface area contributed by atoms with E-state index in [0.717, 1.165) is 19.3 Å². The van der Waals surface area contributed by atoms with Gasteiger partial charge in [-0.05, 0) is 33.1 Å². The van der Waals surface area contributed by atoms with Gasteiger partial charge in [0.15, 0.2) is 0 Å². The van der Waals surface area contributed by atoms with Crippen LogP contribution < -0.4 is 5.32 Å². The van der Waals surface area contributed by atoms with Gasteiger partial charge in [0.1, 0.15) is 0 Å². The molecule has 1 amide bonds. The van der Waals surface area contributed by atoms with Crippen molar-refractivity contribution in [3.8, 4) is 0 Å². The molecule has 0 aromatic carbocycles. The van der Waals surface area contributed by atoms with Gasteiger partial charge in [0, 0.05) is 17.9 Å². The average Bonchev–Trinajstić information content (AvgIpc) is 2.39. The molecule has 3 unspecified atom stereocenters. The summed E-state index contributed by atoms with van der Waals surface area (Å²) < 4.78 is 5.76. The highest BCUT2D eigenvalue weighted by atomic mass is 16.5. The molecule has 0 radical (unpaired) electrons. The Balaban J connectivity index is 2.19. The van der Waals surface area contributed by atoms with Crippen LogP contribution in [0, 0.1) is 5.41 Å². The minimum atomic E-state index is 0.170. The fourth-order valence-electron chi connectivity index (χ4n) is 3.53. The van der Waals surface area contributed by atoms with E-state index >= 15 is 0 Å². The zero-order valence-electron chi connectivity index (χ0n) is 9.88. The number of hydrogen-bond donors (Lipinski definition) is 1. The van der Waals surface area contributed by atoms with Crippen LogP contribution in [-0.4, -0.2) is 24.2 Å². The predicted molar refractivity (Wildman–Crippen MR) is 58.5 cm³/mol. The van der Waals surface area contributed by atoms with Gasteiger partial charge < -0.3 is 10.1 Å². The van der Waals surface area contributed by atoms with Crippen molar-refractivity contribution in [2.75, 3.05) is 0 Å². The highest BCUT2D eigenvalue weighted by Crippen LogP contribution is 2.46. The summed E-state index contributed by atoms with van der Waals surface area (Å²) in [4.78, 5) is 11.5. The van der Waals surface area contributed by atoms with Crippen LogP contribution in [0.2, 0.25) is 0 Å². The summed E-state index contributed by atoms with van der Waals surface area (Å²) >= 11 is 0. The van der Waals surface area contributed by atoms with Gasteiger partial charge in [-0.1, -0.05) is 6.92 Å². The van der Waals surface area contributed by atoms with Crippen LogP contribution in [0.25, 0.3) is 0 Å². The van der Waals surface area contributed by atoms with Crippen LogP contribution in [-0.2, 0) is 9.53 Å². The highest BCUT2D eigenvalue weighted by molar-refractivity contribution is 5.80. The van der Waals surface area contributed by atoms with Crippen molar-refractivity contribution in [2.24, 2.45) is 5.41 Å². The maximum Gasteiger partial charge on any atom is 0.220 e. The number of rotatable bonds is 1. The summed E-state index contributed by atoms with van der Waals surface area (Å²) in [5.74, 6) is 0.225. The molecule has 15 heavy (non-hydrogen) atoms. The third-order valence-electron chi connectivity index (χ3n) is 3.85. The van der Waals surface area contributed by atoms with Crippen LogP contribution in [0.4, 0.5) is 0 Å². The lowest BCUT2D eigenvalue weighted by Gasteiger charge is -2.43. The summed E-state index contributed by atoms with van der Waals surface area (Å²) in [7, 11) is 0. The summed E-state index contributed by atoms with van der Waals surface area (Å²) in [5, 5.41) is 3.11. The topological polar surface area (TPSA) is 38.3 Å². The van der Waals surface area contributed by atoms with E-state index in [1.54, 1.807) is 0 Å². The summed E-state index contributed by atoms with van der Waals surface area (Å²) in [6, 6.07) is 0.360. The first kappa shape index (κ1) is 10.9. The van der Waals surface area contributed by atoms with Crippen molar-refractivity contribution < 1.29 is 9.53 Å². The molecule has 3 heteroatoms. The standard InChI is InChI=1S/C12H21NO2/c1-4-10-12(7-11(14)13-10)5-8(2)15-9(3)6-12/h8-10H,4-7H2,1-3H3,(H,13,14). The Morgan fingerprint density at radius 1 is 1.40 bits per heavy atom. The number of ether oxygens (including phenoxy) is 1. The third kappa shape index (κ3) is 1.89. The zero-order chi connectivity index (χ0) is 11.1. The molecular formula is C12H21NO2. The molecule has 3 atom stereocenters. The number of hydrogen-bond acceptors (Lipinski definition) is 2.